The molecule has 2 aromatic rings. The van der Waals surface area contributed by atoms with Crippen LogP contribution in [0.1, 0.15) is 28.1 Å². The van der Waals surface area contributed by atoms with Crippen LogP contribution in [0, 0.1) is 20.8 Å². The highest BCUT2D eigenvalue weighted by molar-refractivity contribution is 7.99. The Bertz CT molecular complexity index is 662. The SMILES string of the molecule is CCNC(=NCc1sc(C)nc1C)NCCSc1ccc(C)cc1. The van der Waals surface area contributed by atoms with E-state index in [-0.39, 0.29) is 0 Å². The standard InChI is InChI=1S/C18H26N4S2/c1-5-19-18(21-12-17-14(3)22-15(4)24-17)20-10-11-23-16-8-6-13(2)7-9-16/h6-9H,5,10-12H2,1-4H3,(H2,19,20,21). The Morgan fingerprint density at radius 3 is 2.54 bits per heavy atom. The van der Waals surface area contributed by atoms with Gasteiger partial charge in [0.2, 0.25) is 0 Å². The first kappa shape index (κ1) is 18.8. The summed E-state index contributed by atoms with van der Waals surface area (Å²) in [6, 6.07) is 8.66. The van der Waals surface area contributed by atoms with Crippen molar-refractivity contribution in [3.8, 4) is 0 Å². The zero-order chi connectivity index (χ0) is 17.4. The fourth-order valence-electron chi connectivity index (χ4n) is 2.19. The van der Waals surface area contributed by atoms with Crippen LogP contribution >= 0.6 is 23.1 Å². The first-order chi connectivity index (χ1) is 11.6. The molecule has 0 atom stereocenters. The van der Waals surface area contributed by atoms with E-state index in [2.05, 4.69) is 58.7 Å². The van der Waals surface area contributed by atoms with Gasteiger partial charge in [-0.3, -0.25) is 0 Å². The smallest absolute Gasteiger partial charge is 0.191 e. The second kappa shape index (κ2) is 9.69. The number of thioether (sulfide) groups is 1. The highest BCUT2D eigenvalue weighted by Crippen LogP contribution is 2.18. The number of hydrogen-bond donors (Lipinski definition) is 2. The Balaban J connectivity index is 1.80. The number of thiazole rings is 1. The summed E-state index contributed by atoms with van der Waals surface area (Å²) < 4.78 is 0. The summed E-state index contributed by atoms with van der Waals surface area (Å²) in [6.45, 7) is 10.7. The highest BCUT2D eigenvalue weighted by atomic mass is 32.2. The first-order valence-corrected chi connectivity index (χ1v) is 10.0. The van der Waals surface area contributed by atoms with Crippen molar-refractivity contribution in [3.05, 3.63) is 45.4 Å². The number of benzene rings is 1. The van der Waals surface area contributed by atoms with Crippen LogP contribution in [0.4, 0.5) is 0 Å². The van der Waals surface area contributed by atoms with Crippen LogP contribution in [0.2, 0.25) is 0 Å². The fraction of sp³-hybridized carbons (Fsp3) is 0.444. The molecular formula is C18H26N4S2. The number of nitrogens with one attached hydrogen (secondary N) is 2. The van der Waals surface area contributed by atoms with Crippen molar-refractivity contribution in [2.45, 2.75) is 39.1 Å². The van der Waals surface area contributed by atoms with Crippen molar-refractivity contribution in [3.63, 3.8) is 0 Å². The third-order valence-electron chi connectivity index (χ3n) is 3.41. The summed E-state index contributed by atoms with van der Waals surface area (Å²) >= 11 is 3.58. The van der Waals surface area contributed by atoms with Gasteiger partial charge >= 0.3 is 0 Å². The lowest BCUT2D eigenvalue weighted by atomic mass is 10.2. The molecule has 0 aliphatic carbocycles. The van der Waals surface area contributed by atoms with E-state index in [1.165, 1.54) is 15.3 Å². The molecule has 130 valence electrons. The molecule has 4 nitrogen and oxygen atoms in total. The number of aliphatic imine (C=N–C) groups is 1. The van der Waals surface area contributed by atoms with Gasteiger partial charge in [-0.05, 0) is 39.8 Å². The van der Waals surface area contributed by atoms with E-state index in [1.807, 2.05) is 25.6 Å². The zero-order valence-corrected chi connectivity index (χ0v) is 16.5. The Kier molecular flexibility index (Phi) is 7.59. The number of nitrogens with zero attached hydrogens (tertiary/aromatic N) is 2. The molecule has 0 spiro atoms. The summed E-state index contributed by atoms with van der Waals surface area (Å²) in [7, 11) is 0. The topological polar surface area (TPSA) is 49.3 Å². The van der Waals surface area contributed by atoms with Gasteiger partial charge in [-0.2, -0.15) is 0 Å². The maximum absolute atomic E-state index is 4.67. The zero-order valence-electron chi connectivity index (χ0n) is 14.8. The minimum Gasteiger partial charge on any atom is -0.357 e. The van der Waals surface area contributed by atoms with Crippen LogP contribution in [0.5, 0.6) is 0 Å². The molecule has 0 aliphatic heterocycles. The molecule has 0 saturated carbocycles. The van der Waals surface area contributed by atoms with Crippen molar-refractivity contribution in [1.82, 2.24) is 15.6 Å². The largest absolute Gasteiger partial charge is 0.357 e. The second-order valence-corrected chi connectivity index (χ2v) is 7.98. The van der Waals surface area contributed by atoms with E-state index in [0.29, 0.717) is 6.54 Å². The van der Waals surface area contributed by atoms with Crippen LogP contribution < -0.4 is 10.6 Å². The second-order valence-electron chi connectivity index (χ2n) is 5.52. The summed E-state index contributed by atoms with van der Waals surface area (Å²) in [4.78, 5) is 11.7. The summed E-state index contributed by atoms with van der Waals surface area (Å²) in [5.74, 6) is 1.87. The quantitative estimate of drug-likeness (QED) is 0.339. The van der Waals surface area contributed by atoms with E-state index < -0.39 is 0 Å². The Morgan fingerprint density at radius 2 is 1.92 bits per heavy atom. The fourth-order valence-corrected chi connectivity index (χ4v) is 3.82. The molecule has 0 bridgehead atoms. The molecular weight excluding hydrogens is 336 g/mol. The molecule has 1 aromatic carbocycles. The third kappa shape index (κ3) is 6.17. The molecule has 0 unspecified atom stereocenters. The summed E-state index contributed by atoms with van der Waals surface area (Å²) in [5, 5.41) is 7.80. The molecule has 1 aromatic heterocycles. The minimum absolute atomic E-state index is 0.678. The molecule has 0 saturated heterocycles. The van der Waals surface area contributed by atoms with Crippen molar-refractivity contribution >= 4 is 29.1 Å². The number of rotatable bonds is 7. The Hall–Kier alpha value is -1.53. The number of hydrogen-bond acceptors (Lipinski definition) is 4. The molecule has 1 heterocycles. The monoisotopic (exact) mass is 362 g/mol. The number of aryl methyl sites for hydroxylation is 3. The number of guanidine groups is 1. The lowest BCUT2D eigenvalue weighted by Gasteiger charge is -2.11. The number of aromatic nitrogens is 1. The summed E-state index contributed by atoms with van der Waals surface area (Å²) in [5.41, 5.74) is 2.39. The van der Waals surface area contributed by atoms with E-state index >= 15 is 0 Å². The maximum Gasteiger partial charge on any atom is 0.191 e. The van der Waals surface area contributed by atoms with Gasteiger partial charge < -0.3 is 10.6 Å². The molecule has 0 aliphatic rings. The molecule has 0 fully saturated rings. The average Bonchev–Trinajstić information content (AvgIpc) is 2.88. The highest BCUT2D eigenvalue weighted by Gasteiger charge is 2.04. The van der Waals surface area contributed by atoms with E-state index in [4.69, 9.17) is 0 Å². The average molecular weight is 363 g/mol. The van der Waals surface area contributed by atoms with Crippen LogP contribution in [-0.4, -0.2) is 29.8 Å². The van der Waals surface area contributed by atoms with E-state index in [9.17, 15) is 0 Å². The van der Waals surface area contributed by atoms with Gasteiger partial charge in [-0.25, -0.2) is 9.98 Å². The first-order valence-electron chi connectivity index (χ1n) is 8.23. The lowest BCUT2D eigenvalue weighted by molar-refractivity contribution is 0.843. The van der Waals surface area contributed by atoms with Crippen LogP contribution in [0.3, 0.4) is 0 Å². The predicted molar refractivity (Wildman–Crippen MR) is 106 cm³/mol. The van der Waals surface area contributed by atoms with Crippen molar-refractivity contribution in [2.24, 2.45) is 4.99 Å². The minimum atomic E-state index is 0.678. The lowest BCUT2D eigenvalue weighted by Crippen LogP contribution is -2.38. The molecule has 6 heteroatoms. The van der Waals surface area contributed by atoms with Gasteiger partial charge in [0.25, 0.3) is 0 Å². The van der Waals surface area contributed by atoms with Crippen LogP contribution in [-0.2, 0) is 6.54 Å². The Morgan fingerprint density at radius 1 is 1.17 bits per heavy atom. The van der Waals surface area contributed by atoms with Gasteiger partial charge in [0.1, 0.15) is 0 Å². The molecule has 24 heavy (non-hydrogen) atoms. The van der Waals surface area contributed by atoms with Crippen molar-refractivity contribution in [1.29, 1.82) is 0 Å². The third-order valence-corrected chi connectivity index (χ3v) is 5.48. The Labute approximate surface area is 153 Å². The van der Waals surface area contributed by atoms with Gasteiger partial charge in [-0.15, -0.1) is 23.1 Å². The van der Waals surface area contributed by atoms with Crippen molar-refractivity contribution in [2.75, 3.05) is 18.8 Å². The van der Waals surface area contributed by atoms with Gasteiger partial charge in [0, 0.05) is 28.6 Å². The van der Waals surface area contributed by atoms with Crippen molar-refractivity contribution < 1.29 is 0 Å². The van der Waals surface area contributed by atoms with E-state index in [1.54, 1.807) is 11.3 Å². The molecule has 2 rings (SSSR count). The molecule has 0 amide bonds. The predicted octanol–water partition coefficient (Wildman–Crippen LogP) is 3.92. The molecule has 0 radical (unpaired) electrons. The van der Waals surface area contributed by atoms with Crippen LogP contribution in [0.25, 0.3) is 0 Å². The maximum atomic E-state index is 4.67. The van der Waals surface area contributed by atoms with Gasteiger partial charge in [0.05, 0.1) is 17.2 Å². The van der Waals surface area contributed by atoms with Gasteiger partial charge in [0.15, 0.2) is 5.96 Å². The summed E-state index contributed by atoms with van der Waals surface area (Å²) in [6.07, 6.45) is 0. The van der Waals surface area contributed by atoms with E-state index in [0.717, 1.165) is 35.5 Å². The van der Waals surface area contributed by atoms with Gasteiger partial charge in [-0.1, -0.05) is 17.7 Å². The molecule has 2 N–H and O–H groups in total. The van der Waals surface area contributed by atoms with Crippen LogP contribution in [0.15, 0.2) is 34.2 Å². The normalized spacial score (nSPS) is 11.6.